The summed E-state index contributed by atoms with van der Waals surface area (Å²) >= 11 is 1.53. The molecule has 1 aliphatic rings. The van der Waals surface area contributed by atoms with Gasteiger partial charge in [-0.25, -0.2) is 9.59 Å². The minimum Gasteiger partial charge on any atom is -0.444 e. The average molecular weight is 678 g/mol. The summed E-state index contributed by atoms with van der Waals surface area (Å²) in [6.07, 6.45) is 0.711. The third-order valence-corrected chi connectivity index (χ3v) is 9.15. The first-order valence-corrected chi connectivity index (χ1v) is 17.2. The molecule has 1 heterocycles. The molecular formula is C38H42F3N3O3S. The Kier molecular flexibility index (Phi) is 11.1. The molecule has 6 nitrogen and oxygen atoms in total. The summed E-state index contributed by atoms with van der Waals surface area (Å²) in [5.74, 6) is 0. The van der Waals surface area contributed by atoms with Gasteiger partial charge in [-0.1, -0.05) is 73.9 Å². The van der Waals surface area contributed by atoms with Crippen LogP contribution in [0, 0.1) is 0 Å². The van der Waals surface area contributed by atoms with Crippen molar-refractivity contribution in [2.45, 2.75) is 90.3 Å². The molecule has 1 N–H and O–H groups in total. The number of carbonyl (C=O) groups is 2. The number of rotatable bonds is 9. The average Bonchev–Trinajstić information content (AvgIpc) is 3.57. The van der Waals surface area contributed by atoms with E-state index in [2.05, 4.69) is 29.6 Å². The van der Waals surface area contributed by atoms with Gasteiger partial charge in [-0.3, -0.25) is 0 Å². The fraction of sp³-hybridized carbons (Fsp3) is 0.368. The summed E-state index contributed by atoms with van der Waals surface area (Å²) in [7, 11) is 0. The Morgan fingerprint density at radius 1 is 0.792 bits per heavy atom. The van der Waals surface area contributed by atoms with Crippen molar-refractivity contribution in [3.63, 3.8) is 0 Å². The third-order valence-electron chi connectivity index (χ3n) is 8.29. The van der Waals surface area contributed by atoms with Crippen LogP contribution in [-0.2, 0) is 30.5 Å². The largest absolute Gasteiger partial charge is 0.444 e. The molecule has 5 rings (SSSR count). The molecule has 0 aliphatic heterocycles. The van der Waals surface area contributed by atoms with Crippen molar-refractivity contribution in [2.24, 2.45) is 0 Å². The van der Waals surface area contributed by atoms with E-state index >= 15 is 0 Å². The first-order chi connectivity index (χ1) is 22.8. The second-order valence-corrected chi connectivity index (χ2v) is 14.3. The minimum absolute atomic E-state index is 0.178. The zero-order valence-electron chi connectivity index (χ0n) is 27.6. The number of hydrogen-bond acceptors (Lipinski definition) is 4. The van der Waals surface area contributed by atoms with Gasteiger partial charge in [0.2, 0.25) is 0 Å². The highest BCUT2D eigenvalue weighted by molar-refractivity contribution is 7.09. The molecule has 1 saturated carbocycles. The number of nitrogens with zero attached hydrogens (tertiary/aromatic N) is 2. The number of urea groups is 1. The van der Waals surface area contributed by atoms with E-state index in [9.17, 15) is 22.8 Å². The molecular weight excluding hydrogens is 635 g/mol. The number of carbonyl (C=O) groups excluding carboxylic acids is 2. The summed E-state index contributed by atoms with van der Waals surface area (Å²) in [5.41, 5.74) is 2.95. The van der Waals surface area contributed by atoms with Crippen molar-refractivity contribution in [1.29, 1.82) is 0 Å². The molecule has 0 spiro atoms. The predicted octanol–water partition coefficient (Wildman–Crippen LogP) is 10.7. The molecule has 10 heteroatoms. The SMILES string of the molecule is CC(C)(C)OC(=O)N(Cc1ccc(-c2ccc(CN(Cc3cccs3)C(=O)Nc3ccc(C(F)(F)F)cc3)cc2)cc1)C1CCCCC1. The molecule has 0 atom stereocenters. The Morgan fingerprint density at radius 3 is 1.90 bits per heavy atom. The predicted molar refractivity (Wildman–Crippen MR) is 185 cm³/mol. The van der Waals surface area contributed by atoms with E-state index in [1.54, 1.807) is 4.90 Å². The van der Waals surface area contributed by atoms with Crippen LogP contribution in [0.5, 0.6) is 0 Å². The molecule has 1 aromatic heterocycles. The number of ether oxygens (including phenoxy) is 1. The van der Waals surface area contributed by atoms with Gasteiger partial charge < -0.3 is 19.9 Å². The Labute approximate surface area is 284 Å². The number of alkyl halides is 3. The molecule has 4 aromatic rings. The van der Waals surface area contributed by atoms with Crippen LogP contribution in [0.3, 0.4) is 0 Å². The maximum absolute atomic E-state index is 13.3. The topological polar surface area (TPSA) is 61.9 Å². The van der Waals surface area contributed by atoms with Crippen molar-refractivity contribution in [3.8, 4) is 11.1 Å². The highest BCUT2D eigenvalue weighted by atomic mass is 32.1. The summed E-state index contributed by atoms with van der Waals surface area (Å²) in [6.45, 7) is 6.84. The van der Waals surface area contributed by atoms with Crippen LogP contribution < -0.4 is 5.32 Å². The van der Waals surface area contributed by atoms with Crippen LogP contribution in [0.2, 0.25) is 0 Å². The molecule has 0 radical (unpaired) electrons. The number of thiophene rings is 1. The van der Waals surface area contributed by atoms with Crippen molar-refractivity contribution in [2.75, 3.05) is 5.32 Å². The highest BCUT2D eigenvalue weighted by Crippen LogP contribution is 2.31. The Bertz CT molecular complexity index is 1630. The highest BCUT2D eigenvalue weighted by Gasteiger charge is 2.31. The summed E-state index contributed by atoms with van der Waals surface area (Å²) in [4.78, 5) is 31.0. The van der Waals surface area contributed by atoms with Crippen LogP contribution in [0.25, 0.3) is 11.1 Å². The van der Waals surface area contributed by atoms with Gasteiger partial charge in [-0.2, -0.15) is 13.2 Å². The first kappa shape index (κ1) is 35.0. The Morgan fingerprint density at radius 2 is 1.38 bits per heavy atom. The Balaban J connectivity index is 1.25. The maximum atomic E-state index is 13.3. The second kappa shape index (κ2) is 15.3. The molecule has 48 heavy (non-hydrogen) atoms. The van der Waals surface area contributed by atoms with Crippen LogP contribution in [0.15, 0.2) is 90.3 Å². The van der Waals surface area contributed by atoms with Gasteiger partial charge in [0.25, 0.3) is 0 Å². The minimum atomic E-state index is -4.44. The molecule has 0 saturated heterocycles. The number of hydrogen-bond donors (Lipinski definition) is 1. The van der Waals surface area contributed by atoms with Crippen LogP contribution >= 0.6 is 11.3 Å². The lowest BCUT2D eigenvalue weighted by atomic mass is 9.94. The monoisotopic (exact) mass is 677 g/mol. The molecule has 254 valence electrons. The van der Waals surface area contributed by atoms with Gasteiger partial charge in [0.05, 0.1) is 12.1 Å². The quantitative estimate of drug-likeness (QED) is 0.192. The lowest BCUT2D eigenvalue weighted by Crippen LogP contribution is -2.43. The standard InChI is InChI=1S/C38H42F3N3O3S/c1-37(2,3)47-36(46)44(33-8-5-4-6-9-33)25-28-13-17-30(18-14-28)29-15-11-27(12-16-29)24-43(26-34-10-7-23-48-34)35(45)42-32-21-19-31(20-22-32)38(39,40)41/h7,10-23,33H,4-6,8-9,24-26H2,1-3H3,(H,42,45). The number of nitrogens with one attached hydrogen (secondary N) is 1. The van der Waals surface area contributed by atoms with E-state index in [1.165, 1.54) is 29.9 Å². The van der Waals surface area contributed by atoms with E-state index in [0.717, 1.165) is 64.9 Å². The van der Waals surface area contributed by atoms with Crippen LogP contribution in [0.1, 0.15) is 74.4 Å². The fourth-order valence-corrected chi connectivity index (χ4v) is 6.53. The summed E-state index contributed by atoms with van der Waals surface area (Å²) < 4.78 is 44.7. The lowest BCUT2D eigenvalue weighted by molar-refractivity contribution is -0.137. The van der Waals surface area contributed by atoms with E-state index in [4.69, 9.17) is 4.74 Å². The van der Waals surface area contributed by atoms with Gasteiger partial charge >= 0.3 is 18.3 Å². The van der Waals surface area contributed by atoms with Crippen molar-refractivity contribution in [1.82, 2.24) is 9.80 Å². The number of benzene rings is 3. The molecule has 1 fully saturated rings. The zero-order valence-corrected chi connectivity index (χ0v) is 28.4. The van der Waals surface area contributed by atoms with E-state index in [0.29, 0.717) is 19.6 Å². The fourth-order valence-electron chi connectivity index (χ4n) is 5.81. The number of amides is 3. The van der Waals surface area contributed by atoms with Crippen LogP contribution in [0.4, 0.5) is 28.4 Å². The third kappa shape index (κ3) is 9.86. The summed E-state index contributed by atoms with van der Waals surface area (Å²) in [5, 5.41) is 4.68. The molecule has 3 amide bonds. The van der Waals surface area contributed by atoms with Crippen LogP contribution in [-0.4, -0.2) is 33.6 Å². The second-order valence-electron chi connectivity index (χ2n) is 13.2. The first-order valence-electron chi connectivity index (χ1n) is 16.3. The van der Waals surface area contributed by atoms with Gasteiger partial charge in [0, 0.05) is 29.7 Å². The van der Waals surface area contributed by atoms with Crippen molar-refractivity contribution in [3.05, 3.63) is 112 Å². The van der Waals surface area contributed by atoms with E-state index in [1.807, 2.05) is 67.4 Å². The van der Waals surface area contributed by atoms with Gasteiger partial charge in [-0.15, -0.1) is 11.3 Å². The summed E-state index contributed by atoms with van der Waals surface area (Å²) in [6, 6.07) is 24.2. The van der Waals surface area contributed by atoms with Gasteiger partial charge in [-0.05, 0) is 91.6 Å². The smallest absolute Gasteiger partial charge is 0.416 e. The lowest BCUT2D eigenvalue weighted by Gasteiger charge is -2.35. The van der Waals surface area contributed by atoms with Crippen molar-refractivity contribution >= 4 is 29.1 Å². The van der Waals surface area contributed by atoms with Gasteiger partial charge in [0.1, 0.15) is 5.60 Å². The van der Waals surface area contributed by atoms with Crippen molar-refractivity contribution < 1.29 is 27.5 Å². The Hall–Kier alpha value is -4.31. The molecule has 3 aromatic carbocycles. The number of anilines is 1. The van der Waals surface area contributed by atoms with E-state index < -0.39 is 23.4 Å². The zero-order chi connectivity index (χ0) is 34.3. The molecule has 0 unspecified atom stereocenters. The number of halogens is 3. The molecule has 0 bridgehead atoms. The van der Waals surface area contributed by atoms with Gasteiger partial charge in [0.15, 0.2) is 0 Å². The normalized spacial score (nSPS) is 14.0. The maximum Gasteiger partial charge on any atom is 0.416 e. The van der Waals surface area contributed by atoms with E-state index in [-0.39, 0.29) is 17.8 Å². The molecule has 1 aliphatic carbocycles.